The van der Waals surface area contributed by atoms with Crippen LogP contribution in [0.4, 0.5) is 0 Å². The summed E-state index contributed by atoms with van der Waals surface area (Å²) in [7, 11) is 1.55. The fourth-order valence-corrected chi connectivity index (χ4v) is 1.20. The summed E-state index contributed by atoms with van der Waals surface area (Å²) in [6.07, 6.45) is 1.53. The van der Waals surface area contributed by atoms with Gasteiger partial charge < -0.3 is 9.84 Å². The van der Waals surface area contributed by atoms with Crippen LogP contribution in [0, 0.1) is 0 Å². The highest BCUT2D eigenvalue weighted by molar-refractivity contribution is 5.75. The number of hydrazone groups is 1. The van der Waals surface area contributed by atoms with Gasteiger partial charge in [0.05, 0.1) is 7.11 Å². The number of hydrogen-bond donors (Lipinski definition) is 2. The minimum absolute atomic E-state index is 0.415. The average molecular weight is 157 g/mol. The lowest BCUT2D eigenvalue weighted by Crippen LogP contribution is -2.41. The summed E-state index contributed by atoms with van der Waals surface area (Å²) in [5.41, 5.74) is 2.54. The molecule has 0 spiro atoms. The maximum absolute atomic E-state index is 9.32. The topological polar surface area (TPSA) is 57.1 Å². The van der Waals surface area contributed by atoms with Crippen LogP contribution >= 0.6 is 0 Å². The maximum Gasteiger partial charge on any atom is 0.312 e. The van der Waals surface area contributed by atoms with E-state index in [-0.39, 0.29) is 0 Å². The van der Waals surface area contributed by atoms with Gasteiger partial charge in [0.15, 0.2) is 0 Å². The van der Waals surface area contributed by atoms with Crippen LogP contribution in [0.3, 0.4) is 0 Å². The van der Waals surface area contributed by atoms with Gasteiger partial charge in [-0.1, -0.05) is 0 Å². The van der Waals surface area contributed by atoms with Crippen LogP contribution in [-0.4, -0.2) is 35.5 Å². The number of nitrogens with one attached hydrogen (secondary N) is 1. The molecule has 1 fully saturated rings. The predicted octanol–water partition coefficient (Wildman–Crippen LogP) is -0.753. The van der Waals surface area contributed by atoms with E-state index in [4.69, 9.17) is 4.74 Å². The summed E-state index contributed by atoms with van der Waals surface area (Å²) in [5, 5.41) is 13.1. The van der Waals surface area contributed by atoms with Crippen molar-refractivity contribution < 1.29 is 9.84 Å². The number of amidine groups is 1. The van der Waals surface area contributed by atoms with Gasteiger partial charge in [0.1, 0.15) is 0 Å². The predicted molar refractivity (Wildman–Crippen MR) is 38.4 cm³/mol. The van der Waals surface area contributed by atoms with E-state index in [1.165, 1.54) is 0 Å². The highest BCUT2D eigenvalue weighted by Gasteiger charge is 2.39. The third-order valence-electron chi connectivity index (χ3n) is 1.88. The molecule has 0 aromatic rings. The van der Waals surface area contributed by atoms with Crippen molar-refractivity contribution in [2.45, 2.75) is 25.2 Å². The molecule has 0 saturated heterocycles. The number of rotatable bonds is 1. The van der Waals surface area contributed by atoms with Crippen molar-refractivity contribution in [3.05, 3.63) is 0 Å². The molecule has 5 heteroatoms. The molecule has 0 amide bonds. The Hall–Kier alpha value is -0.970. The van der Waals surface area contributed by atoms with Crippen molar-refractivity contribution in [1.82, 2.24) is 10.3 Å². The Balaban J connectivity index is 2.07. The van der Waals surface area contributed by atoms with Gasteiger partial charge in [-0.3, -0.25) is 10.3 Å². The quantitative estimate of drug-likeness (QED) is 0.525. The Morgan fingerprint density at radius 2 is 2.45 bits per heavy atom. The van der Waals surface area contributed by atoms with Gasteiger partial charge in [-0.05, 0) is 12.8 Å². The first-order valence-electron chi connectivity index (χ1n) is 3.66. The number of hydrogen-bond acceptors (Lipinski definition) is 5. The first kappa shape index (κ1) is 6.72. The Labute approximate surface area is 64.6 Å². The lowest BCUT2D eigenvalue weighted by molar-refractivity contribution is 0.0270. The molecule has 11 heavy (non-hydrogen) atoms. The molecule has 2 rings (SSSR count). The highest BCUT2D eigenvalue weighted by atomic mass is 16.5. The van der Waals surface area contributed by atoms with Crippen molar-refractivity contribution in [2.75, 3.05) is 7.11 Å². The molecule has 1 aliphatic heterocycles. The van der Waals surface area contributed by atoms with Crippen LogP contribution < -0.4 is 5.43 Å². The van der Waals surface area contributed by atoms with E-state index in [2.05, 4.69) is 10.5 Å². The minimum atomic E-state index is -0.697. The number of aliphatic hydroxyl groups is 1. The zero-order valence-corrected chi connectivity index (χ0v) is 6.32. The molecule has 2 aliphatic rings. The molecule has 0 aromatic heterocycles. The highest BCUT2D eigenvalue weighted by Crippen LogP contribution is 2.29. The summed E-state index contributed by atoms with van der Waals surface area (Å²) in [5.74, 6) is 0. The smallest absolute Gasteiger partial charge is 0.312 e. The molecule has 1 heterocycles. The van der Waals surface area contributed by atoms with Gasteiger partial charge in [-0.25, -0.2) is 0 Å². The molecule has 0 aromatic carbocycles. The van der Waals surface area contributed by atoms with Crippen molar-refractivity contribution >= 4 is 6.02 Å². The largest absolute Gasteiger partial charge is 0.467 e. The van der Waals surface area contributed by atoms with Crippen molar-refractivity contribution in [3.63, 3.8) is 0 Å². The second-order valence-corrected chi connectivity index (χ2v) is 2.74. The number of nitrogens with zero attached hydrogens (tertiary/aromatic N) is 2. The molecule has 1 atom stereocenters. The van der Waals surface area contributed by atoms with Gasteiger partial charge in [-0.2, -0.15) is 0 Å². The van der Waals surface area contributed by atoms with E-state index >= 15 is 0 Å². The molecule has 1 saturated carbocycles. The molecule has 0 bridgehead atoms. The zero-order valence-electron chi connectivity index (χ0n) is 6.32. The molecular weight excluding hydrogens is 146 g/mol. The van der Waals surface area contributed by atoms with Crippen molar-refractivity contribution in [3.8, 4) is 0 Å². The third-order valence-corrected chi connectivity index (χ3v) is 1.88. The lowest BCUT2D eigenvalue weighted by atomic mass is 10.6. The van der Waals surface area contributed by atoms with Gasteiger partial charge in [0, 0.05) is 6.04 Å². The Kier molecular flexibility index (Phi) is 1.38. The lowest BCUT2D eigenvalue weighted by Gasteiger charge is -2.20. The standard InChI is InChI=1S/C6H11N3O2/c1-11-6-8-7-5(10)9(6)4-2-3-4/h4-5,7,10H,2-3H2,1H3. The number of methoxy groups -OCH3 is 1. The van der Waals surface area contributed by atoms with Crippen LogP contribution in [0.2, 0.25) is 0 Å². The van der Waals surface area contributed by atoms with Gasteiger partial charge in [-0.15, -0.1) is 5.10 Å². The van der Waals surface area contributed by atoms with E-state index in [1.807, 2.05) is 0 Å². The fraction of sp³-hybridized carbons (Fsp3) is 0.833. The van der Waals surface area contributed by atoms with Crippen molar-refractivity contribution in [1.29, 1.82) is 0 Å². The Bertz CT molecular complexity index is 190. The SMILES string of the molecule is COC1=NNC(O)N1C1CC1. The summed E-state index contributed by atoms with van der Waals surface area (Å²) in [6, 6.07) is 0.902. The maximum atomic E-state index is 9.32. The van der Waals surface area contributed by atoms with Gasteiger partial charge in [0.2, 0.25) is 6.35 Å². The van der Waals surface area contributed by atoms with Crippen LogP contribution in [0.25, 0.3) is 0 Å². The van der Waals surface area contributed by atoms with E-state index in [0.29, 0.717) is 12.1 Å². The molecule has 5 nitrogen and oxygen atoms in total. The van der Waals surface area contributed by atoms with Crippen LogP contribution in [0.15, 0.2) is 5.10 Å². The zero-order chi connectivity index (χ0) is 7.84. The molecule has 1 unspecified atom stereocenters. The summed E-state index contributed by atoms with van der Waals surface area (Å²) < 4.78 is 4.95. The fourth-order valence-electron chi connectivity index (χ4n) is 1.20. The second kappa shape index (κ2) is 2.27. The van der Waals surface area contributed by atoms with Crippen LogP contribution in [0.1, 0.15) is 12.8 Å². The van der Waals surface area contributed by atoms with E-state index in [1.54, 1.807) is 12.0 Å². The average Bonchev–Trinajstić information content (AvgIpc) is 2.76. The summed E-state index contributed by atoms with van der Waals surface area (Å²) >= 11 is 0. The van der Waals surface area contributed by atoms with Gasteiger partial charge >= 0.3 is 6.02 Å². The molecule has 1 aliphatic carbocycles. The van der Waals surface area contributed by atoms with E-state index < -0.39 is 6.35 Å². The molecule has 62 valence electrons. The molecule has 2 N–H and O–H groups in total. The normalized spacial score (nSPS) is 29.8. The van der Waals surface area contributed by atoms with Crippen LogP contribution in [0.5, 0.6) is 0 Å². The van der Waals surface area contributed by atoms with E-state index in [9.17, 15) is 5.11 Å². The first-order valence-corrected chi connectivity index (χ1v) is 3.66. The number of ether oxygens (including phenoxy) is 1. The molecular formula is C6H11N3O2. The minimum Gasteiger partial charge on any atom is -0.467 e. The monoisotopic (exact) mass is 157 g/mol. The van der Waals surface area contributed by atoms with E-state index in [0.717, 1.165) is 12.8 Å². The number of aliphatic hydroxyl groups excluding tert-OH is 1. The van der Waals surface area contributed by atoms with Crippen molar-refractivity contribution in [2.24, 2.45) is 5.10 Å². The Morgan fingerprint density at radius 3 is 3.00 bits per heavy atom. The summed E-state index contributed by atoms with van der Waals surface area (Å²) in [6.45, 7) is 0. The second-order valence-electron chi connectivity index (χ2n) is 2.74. The molecule has 0 radical (unpaired) electrons. The summed E-state index contributed by atoms with van der Waals surface area (Å²) in [4.78, 5) is 1.75. The van der Waals surface area contributed by atoms with Crippen LogP contribution in [-0.2, 0) is 4.74 Å². The first-order chi connectivity index (χ1) is 5.33. The third kappa shape index (κ3) is 1.01. The van der Waals surface area contributed by atoms with Gasteiger partial charge in [0.25, 0.3) is 0 Å². The Morgan fingerprint density at radius 1 is 1.73 bits per heavy atom.